The number of halogens is 1. The van der Waals surface area contributed by atoms with E-state index in [9.17, 15) is 19.2 Å². The highest BCUT2D eigenvalue weighted by Crippen LogP contribution is 2.45. The quantitative estimate of drug-likeness (QED) is 0.554. The Labute approximate surface area is 159 Å². The maximum atomic E-state index is 12.8. The summed E-state index contributed by atoms with van der Waals surface area (Å²) in [7, 11) is 0. The van der Waals surface area contributed by atoms with Crippen molar-refractivity contribution < 1.29 is 24.3 Å². The Hall–Kier alpha value is -2.04. The van der Waals surface area contributed by atoms with Gasteiger partial charge in [0.15, 0.2) is 0 Å². The maximum Gasteiger partial charge on any atom is 0.323 e. The molecule has 2 aliphatic heterocycles. The van der Waals surface area contributed by atoms with Crippen molar-refractivity contribution in [3.63, 3.8) is 0 Å². The molecule has 0 atom stereocenters. The number of anilines is 1. The fourth-order valence-corrected chi connectivity index (χ4v) is 4.28. The zero-order valence-corrected chi connectivity index (χ0v) is 15.8. The molecule has 25 heavy (non-hydrogen) atoms. The third kappa shape index (κ3) is 2.90. The lowest BCUT2D eigenvalue weighted by molar-refractivity contribution is -0.140. The molecule has 0 spiro atoms. The monoisotopic (exact) mass is 440 g/mol. The van der Waals surface area contributed by atoms with Crippen LogP contribution in [0.25, 0.3) is 5.57 Å². The van der Waals surface area contributed by atoms with E-state index in [4.69, 9.17) is 17.3 Å². The van der Waals surface area contributed by atoms with Crippen LogP contribution in [0.3, 0.4) is 0 Å². The van der Waals surface area contributed by atoms with Crippen LogP contribution in [0.1, 0.15) is 12.5 Å². The molecule has 1 aromatic carbocycles. The Bertz CT molecular complexity index is 911. The summed E-state index contributed by atoms with van der Waals surface area (Å²) in [6.45, 7) is 0.666. The van der Waals surface area contributed by atoms with Crippen LogP contribution in [0.4, 0.5) is 5.69 Å². The Kier molecular flexibility index (Phi) is 4.52. The van der Waals surface area contributed by atoms with Crippen molar-refractivity contribution >= 4 is 79.2 Å². The fourth-order valence-electron chi connectivity index (χ4n) is 2.59. The summed E-state index contributed by atoms with van der Waals surface area (Å²) < 4.78 is 0.725. The topological polar surface area (TPSA) is 95.0 Å². The van der Waals surface area contributed by atoms with Crippen LogP contribution in [-0.2, 0) is 19.2 Å². The molecule has 2 aliphatic rings. The molecule has 3 amide bonds. The van der Waals surface area contributed by atoms with Crippen LogP contribution >= 0.6 is 39.9 Å². The maximum absolute atomic E-state index is 12.8. The van der Waals surface area contributed by atoms with Crippen molar-refractivity contribution in [3.05, 3.63) is 33.1 Å². The number of hydrogen-bond donors (Lipinski definition) is 1. The standard InChI is InChI=1S/C15H9BrN2O5S2/c1-6(19)18-9-3-2-7(16)4-8(9)11(13(18)22)12-14(23)17(5-10(20)21)15(24)25-12/h2-4H,5H2,1H3,(H,20,21)/b12-11-. The molecule has 2 heterocycles. The van der Waals surface area contributed by atoms with Crippen LogP contribution < -0.4 is 4.90 Å². The van der Waals surface area contributed by atoms with E-state index in [-0.39, 0.29) is 14.8 Å². The van der Waals surface area contributed by atoms with Crippen LogP contribution in [0.5, 0.6) is 0 Å². The lowest BCUT2D eigenvalue weighted by atomic mass is 10.1. The van der Waals surface area contributed by atoms with Gasteiger partial charge in [-0.3, -0.25) is 24.1 Å². The van der Waals surface area contributed by atoms with Crippen molar-refractivity contribution in [2.24, 2.45) is 0 Å². The van der Waals surface area contributed by atoms with E-state index in [1.54, 1.807) is 18.2 Å². The number of hydrogen-bond acceptors (Lipinski definition) is 6. The number of carboxylic acid groups (broad SMARTS) is 1. The predicted octanol–water partition coefficient (Wildman–Crippen LogP) is 2.00. The first-order chi connectivity index (χ1) is 11.7. The summed E-state index contributed by atoms with van der Waals surface area (Å²) >= 11 is 9.23. The van der Waals surface area contributed by atoms with Gasteiger partial charge in [0, 0.05) is 17.0 Å². The predicted molar refractivity (Wildman–Crippen MR) is 98.8 cm³/mol. The van der Waals surface area contributed by atoms with E-state index in [1.165, 1.54) is 6.92 Å². The minimum atomic E-state index is -1.21. The molecule has 1 saturated heterocycles. The van der Waals surface area contributed by atoms with E-state index >= 15 is 0 Å². The van der Waals surface area contributed by atoms with Crippen molar-refractivity contribution in [1.82, 2.24) is 4.90 Å². The number of thioether (sulfide) groups is 1. The SMILES string of the molecule is CC(=O)N1C(=O)/C(=C2\SC(=S)N(CC(=O)O)C2=O)c2cc(Br)ccc21. The third-order valence-electron chi connectivity index (χ3n) is 3.57. The second-order valence-electron chi connectivity index (χ2n) is 5.18. The summed E-state index contributed by atoms with van der Waals surface area (Å²) in [5.41, 5.74) is 0.848. The summed E-state index contributed by atoms with van der Waals surface area (Å²) in [6.07, 6.45) is 0. The lowest BCUT2D eigenvalue weighted by Gasteiger charge is -2.12. The molecule has 1 aromatic rings. The number of amides is 3. The minimum absolute atomic E-state index is 0.0272. The smallest absolute Gasteiger partial charge is 0.323 e. The molecule has 0 radical (unpaired) electrons. The molecule has 0 bridgehead atoms. The number of carbonyl (C=O) groups is 4. The number of carboxylic acids is 1. The van der Waals surface area contributed by atoms with Crippen molar-refractivity contribution in [2.75, 3.05) is 11.4 Å². The normalized spacial score (nSPS) is 19.7. The van der Waals surface area contributed by atoms with Crippen LogP contribution in [0.15, 0.2) is 27.6 Å². The summed E-state index contributed by atoms with van der Waals surface area (Å²) in [6, 6.07) is 4.92. The highest BCUT2D eigenvalue weighted by atomic mass is 79.9. The van der Waals surface area contributed by atoms with Gasteiger partial charge in [0.2, 0.25) is 5.91 Å². The Morgan fingerprint density at radius 1 is 1.28 bits per heavy atom. The molecule has 0 saturated carbocycles. The number of nitrogens with zero attached hydrogens (tertiary/aromatic N) is 2. The summed E-state index contributed by atoms with van der Waals surface area (Å²) in [4.78, 5) is 50.1. The number of benzene rings is 1. The van der Waals surface area contributed by atoms with E-state index in [0.29, 0.717) is 15.7 Å². The molecular weight excluding hydrogens is 432 g/mol. The van der Waals surface area contributed by atoms with Crippen molar-refractivity contribution in [1.29, 1.82) is 0 Å². The van der Waals surface area contributed by atoms with Gasteiger partial charge in [-0.05, 0) is 18.2 Å². The van der Waals surface area contributed by atoms with Gasteiger partial charge in [0.05, 0.1) is 16.2 Å². The minimum Gasteiger partial charge on any atom is -0.480 e. The number of imide groups is 1. The number of fused-ring (bicyclic) bond motifs is 1. The first kappa shape index (κ1) is 17.8. The highest BCUT2D eigenvalue weighted by Gasteiger charge is 2.43. The Morgan fingerprint density at radius 2 is 1.96 bits per heavy atom. The second-order valence-corrected chi connectivity index (χ2v) is 7.74. The molecule has 7 nitrogen and oxygen atoms in total. The Morgan fingerprint density at radius 3 is 2.56 bits per heavy atom. The largest absolute Gasteiger partial charge is 0.480 e. The zero-order valence-electron chi connectivity index (χ0n) is 12.6. The molecule has 0 aliphatic carbocycles. The number of aliphatic carboxylic acids is 1. The zero-order chi connectivity index (χ0) is 18.5. The molecule has 3 rings (SSSR count). The molecule has 0 unspecified atom stereocenters. The van der Waals surface area contributed by atoms with E-state index < -0.39 is 30.2 Å². The highest BCUT2D eigenvalue weighted by molar-refractivity contribution is 9.10. The van der Waals surface area contributed by atoms with Gasteiger partial charge >= 0.3 is 5.97 Å². The average molecular weight is 441 g/mol. The van der Waals surface area contributed by atoms with Gasteiger partial charge in [-0.1, -0.05) is 39.9 Å². The third-order valence-corrected chi connectivity index (χ3v) is 5.51. The number of thiocarbonyl (C=S) groups is 1. The van der Waals surface area contributed by atoms with Crippen LogP contribution in [0.2, 0.25) is 0 Å². The second kappa shape index (κ2) is 6.36. The van der Waals surface area contributed by atoms with Gasteiger partial charge < -0.3 is 5.11 Å². The first-order valence-electron chi connectivity index (χ1n) is 6.87. The van der Waals surface area contributed by atoms with Gasteiger partial charge in [-0.2, -0.15) is 0 Å². The number of rotatable bonds is 2. The fraction of sp³-hybridized carbons (Fsp3) is 0.133. The van der Waals surface area contributed by atoms with Crippen molar-refractivity contribution in [2.45, 2.75) is 6.92 Å². The average Bonchev–Trinajstić information content (AvgIpc) is 2.94. The van der Waals surface area contributed by atoms with Crippen LogP contribution in [-0.4, -0.2) is 44.6 Å². The molecule has 10 heteroatoms. The van der Waals surface area contributed by atoms with Gasteiger partial charge in [-0.15, -0.1) is 0 Å². The molecular formula is C15H9BrN2O5S2. The number of carbonyl (C=O) groups excluding carboxylic acids is 3. The summed E-state index contributed by atoms with van der Waals surface area (Å²) in [5, 5.41) is 8.92. The first-order valence-corrected chi connectivity index (χ1v) is 8.89. The Balaban J connectivity index is 2.19. The van der Waals surface area contributed by atoms with E-state index in [1.807, 2.05) is 0 Å². The van der Waals surface area contributed by atoms with Crippen molar-refractivity contribution in [3.8, 4) is 0 Å². The van der Waals surface area contributed by atoms with Gasteiger partial charge in [0.25, 0.3) is 11.8 Å². The van der Waals surface area contributed by atoms with E-state index in [2.05, 4.69) is 15.9 Å². The van der Waals surface area contributed by atoms with Crippen LogP contribution in [0, 0.1) is 0 Å². The van der Waals surface area contributed by atoms with Gasteiger partial charge in [-0.25, -0.2) is 4.90 Å². The van der Waals surface area contributed by atoms with E-state index in [0.717, 1.165) is 21.6 Å². The molecule has 1 N–H and O–H groups in total. The summed E-state index contributed by atoms with van der Waals surface area (Å²) in [5.74, 6) is -2.98. The molecule has 128 valence electrons. The van der Waals surface area contributed by atoms with Gasteiger partial charge in [0.1, 0.15) is 10.9 Å². The molecule has 0 aromatic heterocycles. The molecule has 1 fully saturated rings. The lowest BCUT2D eigenvalue weighted by Crippen LogP contribution is -2.34.